The molecular formula is C10H13N3O6. The van der Waals surface area contributed by atoms with Gasteiger partial charge in [-0.15, -0.1) is 0 Å². The number of rotatable bonds is 6. The van der Waals surface area contributed by atoms with E-state index in [0.29, 0.717) is 0 Å². The van der Waals surface area contributed by atoms with Crippen molar-refractivity contribution < 1.29 is 28.8 Å². The highest BCUT2D eigenvalue weighted by molar-refractivity contribution is 5.93. The van der Waals surface area contributed by atoms with Gasteiger partial charge >= 0.3 is 11.9 Å². The summed E-state index contributed by atoms with van der Waals surface area (Å²) in [6, 6.07) is -1.23. The highest BCUT2D eigenvalue weighted by Gasteiger charge is 2.24. The zero-order chi connectivity index (χ0) is 14.4. The summed E-state index contributed by atoms with van der Waals surface area (Å²) in [5.74, 6) is -2.68. The van der Waals surface area contributed by atoms with Gasteiger partial charge in [0.15, 0.2) is 0 Å². The number of aryl methyl sites for hydroxylation is 1. The Hall–Kier alpha value is -2.45. The molecule has 19 heavy (non-hydrogen) atoms. The van der Waals surface area contributed by atoms with Gasteiger partial charge < -0.3 is 19.7 Å². The zero-order valence-electron chi connectivity index (χ0n) is 10.4. The van der Waals surface area contributed by atoms with Gasteiger partial charge in [-0.1, -0.05) is 5.16 Å². The van der Waals surface area contributed by atoms with Crippen molar-refractivity contribution in [3.8, 4) is 0 Å². The lowest BCUT2D eigenvalue weighted by Crippen LogP contribution is -2.41. The van der Waals surface area contributed by atoms with Crippen LogP contribution in [0, 0.1) is 6.92 Å². The van der Waals surface area contributed by atoms with Gasteiger partial charge in [0.2, 0.25) is 5.89 Å². The van der Waals surface area contributed by atoms with Crippen molar-refractivity contribution in [2.75, 3.05) is 7.11 Å². The average molecular weight is 271 g/mol. The number of nitrogens with one attached hydrogen (secondary N) is 1. The standard InChI is InChI=1S/C10H13N3O6/c1-5-11-8(13-19-5)9(15)12-6(10(16)17)3-4-7(14)18-2/h6H,3-4H2,1-2H3,(H,12,15)(H,16,17)/t6-/m1/s1. The molecule has 1 amide bonds. The molecule has 0 bridgehead atoms. The molecule has 0 spiro atoms. The van der Waals surface area contributed by atoms with Crippen molar-refractivity contribution >= 4 is 17.8 Å². The highest BCUT2D eigenvalue weighted by atomic mass is 16.5. The Bertz CT molecular complexity index is 483. The molecule has 1 rings (SSSR count). The molecule has 0 saturated carbocycles. The SMILES string of the molecule is COC(=O)CC[C@@H](NC(=O)c1noc(C)n1)C(=O)O. The van der Waals surface area contributed by atoms with Crippen LogP contribution in [0.25, 0.3) is 0 Å². The summed E-state index contributed by atoms with van der Waals surface area (Å²) in [6.07, 6.45) is -0.219. The van der Waals surface area contributed by atoms with Crippen LogP contribution in [0.2, 0.25) is 0 Å². The fourth-order valence-corrected chi connectivity index (χ4v) is 1.24. The van der Waals surface area contributed by atoms with E-state index in [9.17, 15) is 14.4 Å². The maximum atomic E-state index is 11.6. The summed E-state index contributed by atoms with van der Waals surface area (Å²) in [5.41, 5.74) is 0. The Morgan fingerprint density at radius 2 is 2.16 bits per heavy atom. The second-order valence-electron chi connectivity index (χ2n) is 3.62. The number of esters is 1. The predicted octanol–water partition coefficient (Wildman–Crippen LogP) is -0.486. The summed E-state index contributed by atoms with van der Waals surface area (Å²) < 4.78 is 8.99. The van der Waals surface area contributed by atoms with E-state index in [1.165, 1.54) is 14.0 Å². The van der Waals surface area contributed by atoms with E-state index in [1.807, 2.05) is 0 Å². The molecule has 1 aromatic heterocycles. The van der Waals surface area contributed by atoms with E-state index in [0.717, 1.165) is 0 Å². The third-order valence-corrected chi connectivity index (χ3v) is 2.20. The number of amides is 1. The lowest BCUT2D eigenvalue weighted by molar-refractivity contribution is -0.142. The van der Waals surface area contributed by atoms with Crippen molar-refractivity contribution in [2.24, 2.45) is 0 Å². The van der Waals surface area contributed by atoms with Crippen molar-refractivity contribution in [3.63, 3.8) is 0 Å². The lowest BCUT2D eigenvalue weighted by atomic mass is 10.1. The molecule has 1 heterocycles. The van der Waals surface area contributed by atoms with E-state index < -0.39 is 23.9 Å². The maximum absolute atomic E-state index is 11.6. The number of carbonyl (C=O) groups is 3. The smallest absolute Gasteiger partial charge is 0.326 e. The fraction of sp³-hybridized carbons (Fsp3) is 0.500. The fourth-order valence-electron chi connectivity index (χ4n) is 1.24. The number of aliphatic carboxylic acids is 1. The van der Waals surface area contributed by atoms with Gasteiger partial charge in [-0.2, -0.15) is 4.98 Å². The third kappa shape index (κ3) is 4.37. The minimum absolute atomic E-state index is 0.0927. The first kappa shape index (κ1) is 14.6. The Morgan fingerprint density at radius 3 is 2.63 bits per heavy atom. The number of hydrogen-bond acceptors (Lipinski definition) is 7. The topological polar surface area (TPSA) is 132 Å². The van der Waals surface area contributed by atoms with Crippen LogP contribution in [0.5, 0.6) is 0 Å². The molecule has 0 fully saturated rings. The van der Waals surface area contributed by atoms with Crippen LogP contribution in [0.15, 0.2) is 4.52 Å². The van der Waals surface area contributed by atoms with Crippen LogP contribution < -0.4 is 5.32 Å². The Balaban J connectivity index is 2.61. The van der Waals surface area contributed by atoms with E-state index in [-0.39, 0.29) is 24.6 Å². The second kappa shape index (κ2) is 6.47. The van der Waals surface area contributed by atoms with E-state index >= 15 is 0 Å². The molecule has 104 valence electrons. The number of aromatic nitrogens is 2. The second-order valence-corrected chi connectivity index (χ2v) is 3.62. The highest BCUT2D eigenvalue weighted by Crippen LogP contribution is 2.02. The maximum Gasteiger partial charge on any atom is 0.326 e. The van der Waals surface area contributed by atoms with Crippen LogP contribution in [0.4, 0.5) is 0 Å². The van der Waals surface area contributed by atoms with Crippen molar-refractivity contribution in [2.45, 2.75) is 25.8 Å². The van der Waals surface area contributed by atoms with Crippen LogP contribution in [0.3, 0.4) is 0 Å². The van der Waals surface area contributed by atoms with Gasteiger partial charge in [0.05, 0.1) is 7.11 Å². The molecule has 0 aliphatic heterocycles. The molecular weight excluding hydrogens is 258 g/mol. The quantitative estimate of drug-likeness (QED) is 0.662. The van der Waals surface area contributed by atoms with Crippen molar-refractivity contribution in [1.29, 1.82) is 0 Å². The summed E-state index contributed by atoms with van der Waals surface area (Å²) in [5, 5.41) is 14.5. The van der Waals surface area contributed by atoms with Crippen LogP contribution in [0.1, 0.15) is 29.4 Å². The van der Waals surface area contributed by atoms with Gasteiger partial charge in [0.25, 0.3) is 11.7 Å². The van der Waals surface area contributed by atoms with Crippen molar-refractivity contribution in [3.05, 3.63) is 11.7 Å². The molecule has 1 atom stereocenters. The summed E-state index contributed by atoms with van der Waals surface area (Å²) >= 11 is 0. The first-order chi connectivity index (χ1) is 8.93. The van der Waals surface area contributed by atoms with E-state index in [1.54, 1.807) is 0 Å². The number of methoxy groups -OCH3 is 1. The van der Waals surface area contributed by atoms with Gasteiger partial charge in [-0.3, -0.25) is 9.59 Å². The van der Waals surface area contributed by atoms with Crippen LogP contribution in [-0.4, -0.2) is 46.2 Å². The molecule has 1 aromatic rings. The summed E-state index contributed by atoms with van der Waals surface area (Å²) in [6.45, 7) is 1.50. The van der Waals surface area contributed by atoms with E-state index in [4.69, 9.17) is 5.11 Å². The van der Waals surface area contributed by atoms with Crippen LogP contribution in [-0.2, 0) is 14.3 Å². The van der Waals surface area contributed by atoms with E-state index in [2.05, 4.69) is 24.7 Å². The van der Waals surface area contributed by atoms with Gasteiger partial charge in [-0.05, 0) is 6.42 Å². The number of carboxylic acids is 1. The molecule has 9 heteroatoms. The van der Waals surface area contributed by atoms with Gasteiger partial charge in [-0.25, -0.2) is 4.79 Å². The minimum atomic E-state index is -1.27. The first-order valence-electron chi connectivity index (χ1n) is 5.35. The zero-order valence-corrected chi connectivity index (χ0v) is 10.4. The van der Waals surface area contributed by atoms with Gasteiger partial charge in [0.1, 0.15) is 6.04 Å². The molecule has 0 aliphatic carbocycles. The minimum Gasteiger partial charge on any atom is -0.480 e. The first-order valence-corrected chi connectivity index (χ1v) is 5.35. The van der Waals surface area contributed by atoms with Crippen LogP contribution >= 0.6 is 0 Å². The molecule has 0 unspecified atom stereocenters. The molecule has 2 N–H and O–H groups in total. The summed E-state index contributed by atoms with van der Waals surface area (Å²) in [4.78, 5) is 37.1. The Labute approximate surface area is 107 Å². The molecule has 0 aromatic carbocycles. The summed E-state index contributed by atoms with van der Waals surface area (Å²) in [7, 11) is 1.19. The van der Waals surface area contributed by atoms with Gasteiger partial charge in [0, 0.05) is 13.3 Å². The number of carbonyl (C=O) groups excluding carboxylic acids is 2. The number of carboxylic acid groups (broad SMARTS) is 1. The number of ether oxygens (including phenoxy) is 1. The Morgan fingerprint density at radius 1 is 1.47 bits per heavy atom. The number of hydrogen-bond donors (Lipinski definition) is 2. The molecule has 9 nitrogen and oxygen atoms in total. The third-order valence-electron chi connectivity index (χ3n) is 2.20. The largest absolute Gasteiger partial charge is 0.480 e. The molecule has 0 aliphatic rings. The molecule has 0 saturated heterocycles. The molecule has 0 radical (unpaired) electrons. The average Bonchev–Trinajstić information content (AvgIpc) is 2.80. The Kier molecular flexibility index (Phi) is 4.98. The number of nitrogens with zero attached hydrogens (tertiary/aromatic N) is 2. The van der Waals surface area contributed by atoms with Crippen molar-refractivity contribution in [1.82, 2.24) is 15.5 Å². The normalized spacial score (nSPS) is 11.7. The lowest BCUT2D eigenvalue weighted by Gasteiger charge is -2.12. The predicted molar refractivity (Wildman–Crippen MR) is 59.2 cm³/mol. The monoisotopic (exact) mass is 271 g/mol.